The molecule has 1 aromatic carbocycles. The second-order valence-electron chi connectivity index (χ2n) is 3.88. The highest BCUT2D eigenvalue weighted by Gasteiger charge is 2.01. The van der Waals surface area contributed by atoms with Crippen LogP contribution in [0.4, 0.5) is 10.5 Å². The Morgan fingerprint density at radius 2 is 2.00 bits per heavy atom. The number of anilines is 1. The van der Waals surface area contributed by atoms with Crippen molar-refractivity contribution in [3.05, 3.63) is 29.8 Å². The Bertz CT molecular complexity index is 333. The highest BCUT2D eigenvalue weighted by atomic mass is 16.3. The minimum atomic E-state index is -0.389. The van der Waals surface area contributed by atoms with Crippen LogP contribution >= 0.6 is 0 Å². The molecule has 0 aliphatic heterocycles. The maximum atomic E-state index is 11.4. The van der Waals surface area contributed by atoms with Gasteiger partial charge < -0.3 is 15.7 Å². The van der Waals surface area contributed by atoms with E-state index >= 15 is 0 Å². The molecule has 16 heavy (non-hydrogen) atoms. The first-order valence-corrected chi connectivity index (χ1v) is 5.37. The summed E-state index contributed by atoms with van der Waals surface area (Å²) in [6.07, 6.45) is 0.168. The van der Waals surface area contributed by atoms with Gasteiger partial charge in [-0.2, -0.15) is 0 Å². The van der Waals surface area contributed by atoms with Crippen LogP contribution in [0.3, 0.4) is 0 Å². The monoisotopic (exact) mass is 222 g/mol. The van der Waals surface area contributed by atoms with Gasteiger partial charge in [0.2, 0.25) is 0 Å². The Labute approximate surface area is 95.7 Å². The summed E-state index contributed by atoms with van der Waals surface area (Å²) in [7, 11) is 0. The molecule has 2 amide bonds. The van der Waals surface area contributed by atoms with E-state index < -0.39 is 0 Å². The average Bonchev–Trinajstić information content (AvgIpc) is 2.21. The Morgan fingerprint density at radius 1 is 1.38 bits per heavy atom. The molecule has 1 rings (SSSR count). The van der Waals surface area contributed by atoms with Crippen molar-refractivity contribution in [2.75, 3.05) is 11.9 Å². The number of amides is 2. The van der Waals surface area contributed by atoms with Crippen molar-refractivity contribution < 1.29 is 9.90 Å². The second-order valence-corrected chi connectivity index (χ2v) is 3.88. The molecule has 4 heteroatoms. The van der Waals surface area contributed by atoms with Crippen molar-refractivity contribution >= 4 is 11.7 Å². The highest BCUT2D eigenvalue weighted by Crippen LogP contribution is 2.07. The molecule has 3 N–H and O–H groups in total. The lowest BCUT2D eigenvalue weighted by Gasteiger charge is -2.08. The number of rotatable bonds is 4. The summed E-state index contributed by atoms with van der Waals surface area (Å²) in [4.78, 5) is 11.4. The standard InChI is InChI=1S/C12H18N2O2/c1-9-3-5-11(6-4-9)14-12(16)13-8-7-10(2)15/h3-6,10,15H,7-8H2,1-2H3,(H2,13,14,16). The van der Waals surface area contributed by atoms with Crippen molar-refractivity contribution in [1.82, 2.24) is 5.32 Å². The number of nitrogens with one attached hydrogen (secondary N) is 2. The quantitative estimate of drug-likeness (QED) is 0.728. The molecule has 0 saturated heterocycles. The number of hydrogen-bond acceptors (Lipinski definition) is 2. The molecule has 0 radical (unpaired) electrons. The maximum Gasteiger partial charge on any atom is 0.319 e. The fraction of sp³-hybridized carbons (Fsp3) is 0.417. The first kappa shape index (κ1) is 12.5. The summed E-state index contributed by atoms with van der Waals surface area (Å²) in [5.41, 5.74) is 1.92. The third kappa shape index (κ3) is 4.79. The Balaban J connectivity index is 2.31. The summed E-state index contributed by atoms with van der Waals surface area (Å²) >= 11 is 0. The van der Waals surface area contributed by atoms with E-state index in [2.05, 4.69) is 10.6 Å². The van der Waals surface area contributed by atoms with Gasteiger partial charge in [0.15, 0.2) is 0 Å². The molecular weight excluding hydrogens is 204 g/mol. The van der Waals surface area contributed by atoms with Crippen molar-refractivity contribution in [3.63, 3.8) is 0 Å². The van der Waals surface area contributed by atoms with Gasteiger partial charge in [-0.15, -0.1) is 0 Å². The van der Waals surface area contributed by atoms with Crippen molar-refractivity contribution in [3.8, 4) is 0 Å². The van der Waals surface area contributed by atoms with Crippen LogP contribution in [-0.2, 0) is 0 Å². The maximum absolute atomic E-state index is 11.4. The molecule has 1 atom stereocenters. The van der Waals surface area contributed by atoms with Gasteiger partial charge in [-0.1, -0.05) is 17.7 Å². The van der Waals surface area contributed by atoms with Crippen LogP contribution in [-0.4, -0.2) is 23.8 Å². The van der Waals surface area contributed by atoms with Crippen LogP contribution in [0.2, 0.25) is 0 Å². The van der Waals surface area contributed by atoms with Gasteiger partial charge in [0.05, 0.1) is 6.10 Å². The lowest BCUT2D eigenvalue weighted by molar-refractivity contribution is 0.184. The minimum absolute atomic E-state index is 0.246. The molecule has 0 spiro atoms. The van der Waals surface area contributed by atoms with E-state index in [4.69, 9.17) is 5.11 Å². The van der Waals surface area contributed by atoms with E-state index in [1.54, 1.807) is 6.92 Å². The number of aryl methyl sites for hydroxylation is 1. The largest absolute Gasteiger partial charge is 0.393 e. The van der Waals surface area contributed by atoms with Crippen LogP contribution in [0.25, 0.3) is 0 Å². The summed E-state index contributed by atoms with van der Waals surface area (Å²) in [6.45, 7) is 4.15. The van der Waals surface area contributed by atoms with Crippen molar-refractivity contribution in [2.45, 2.75) is 26.4 Å². The zero-order chi connectivity index (χ0) is 12.0. The number of benzene rings is 1. The van der Waals surface area contributed by atoms with Gasteiger partial charge in [0.1, 0.15) is 0 Å². The fourth-order valence-corrected chi connectivity index (χ4v) is 1.21. The van der Waals surface area contributed by atoms with E-state index in [1.165, 1.54) is 0 Å². The Kier molecular flexibility index (Phi) is 4.79. The van der Waals surface area contributed by atoms with E-state index in [0.29, 0.717) is 13.0 Å². The van der Waals surface area contributed by atoms with Gasteiger partial charge in [-0.3, -0.25) is 0 Å². The molecule has 0 aliphatic carbocycles. The van der Waals surface area contributed by atoms with Gasteiger partial charge >= 0.3 is 6.03 Å². The Morgan fingerprint density at radius 3 is 2.56 bits per heavy atom. The second kappa shape index (κ2) is 6.12. The first-order valence-electron chi connectivity index (χ1n) is 5.37. The summed E-state index contributed by atoms with van der Waals surface area (Å²) in [5.74, 6) is 0. The number of carbonyl (C=O) groups is 1. The van der Waals surface area contributed by atoms with Crippen LogP contribution in [0.5, 0.6) is 0 Å². The highest BCUT2D eigenvalue weighted by molar-refractivity contribution is 5.89. The fourth-order valence-electron chi connectivity index (χ4n) is 1.21. The van der Waals surface area contributed by atoms with Crippen molar-refractivity contribution in [2.24, 2.45) is 0 Å². The zero-order valence-electron chi connectivity index (χ0n) is 9.66. The number of carbonyl (C=O) groups excluding carboxylic acids is 1. The third-order valence-electron chi connectivity index (χ3n) is 2.16. The predicted octanol–water partition coefficient (Wildman–Crippen LogP) is 1.89. The first-order chi connectivity index (χ1) is 7.58. The molecule has 0 heterocycles. The molecule has 0 aliphatic rings. The van der Waals surface area contributed by atoms with Crippen LogP contribution < -0.4 is 10.6 Å². The van der Waals surface area contributed by atoms with Gasteiger partial charge in [-0.25, -0.2) is 4.79 Å². The van der Waals surface area contributed by atoms with E-state index in [-0.39, 0.29) is 12.1 Å². The van der Waals surface area contributed by atoms with E-state index in [9.17, 15) is 4.79 Å². The predicted molar refractivity (Wildman–Crippen MR) is 64.5 cm³/mol. The third-order valence-corrected chi connectivity index (χ3v) is 2.16. The molecular formula is C12H18N2O2. The summed E-state index contributed by atoms with van der Waals surface area (Å²) in [6, 6.07) is 7.33. The molecule has 0 bridgehead atoms. The molecule has 1 unspecified atom stereocenters. The summed E-state index contributed by atoms with van der Waals surface area (Å²) in [5, 5.41) is 14.4. The SMILES string of the molecule is Cc1ccc(NC(=O)NCCC(C)O)cc1. The van der Waals surface area contributed by atoms with E-state index in [0.717, 1.165) is 11.3 Å². The number of aliphatic hydroxyl groups is 1. The van der Waals surface area contributed by atoms with Crippen LogP contribution in [0.1, 0.15) is 18.9 Å². The smallest absolute Gasteiger partial charge is 0.319 e. The minimum Gasteiger partial charge on any atom is -0.393 e. The topological polar surface area (TPSA) is 61.4 Å². The number of hydrogen-bond donors (Lipinski definition) is 3. The molecule has 1 aromatic rings. The molecule has 0 fully saturated rings. The van der Waals surface area contributed by atoms with Gasteiger partial charge in [-0.05, 0) is 32.4 Å². The lowest BCUT2D eigenvalue weighted by atomic mass is 10.2. The average molecular weight is 222 g/mol. The molecule has 0 aromatic heterocycles. The number of aliphatic hydroxyl groups excluding tert-OH is 1. The molecule has 88 valence electrons. The van der Waals surface area contributed by atoms with Gasteiger partial charge in [0, 0.05) is 12.2 Å². The molecule has 4 nitrogen and oxygen atoms in total. The summed E-state index contributed by atoms with van der Waals surface area (Å²) < 4.78 is 0. The lowest BCUT2D eigenvalue weighted by Crippen LogP contribution is -2.30. The normalized spacial score (nSPS) is 11.9. The van der Waals surface area contributed by atoms with Crippen molar-refractivity contribution in [1.29, 1.82) is 0 Å². The van der Waals surface area contributed by atoms with Crippen LogP contribution in [0, 0.1) is 6.92 Å². The van der Waals surface area contributed by atoms with Crippen LogP contribution in [0.15, 0.2) is 24.3 Å². The van der Waals surface area contributed by atoms with E-state index in [1.807, 2.05) is 31.2 Å². The van der Waals surface area contributed by atoms with Gasteiger partial charge in [0.25, 0.3) is 0 Å². The number of urea groups is 1. The molecule has 0 saturated carbocycles. The zero-order valence-corrected chi connectivity index (χ0v) is 9.66. The Hall–Kier alpha value is -1.55.